The molecule has 1 rings (SSSR count). The quantitative estimate of drug-likeness (QED) is 0.623. The first-order chi connectivity index (χ1) is 5.79. The highest BCUT2D eigenvalue weighted by Crippen LogP contribution is 2.26. The van der Waals surface area contributed by atoms with Gasteiger partial charge in [-0.1, -0.05) is 6.92 Å². The Bertz CT molecular complexity index is 139. The molecule has 0 bridgehead atoms. The van der Waals surface area contributed by atoms with Crippen LogP contribution in [0, 0.1) is 0 Å². The number of hydrogen-bond donors (Lipinski definition) is 0. The molecule has 0 spiro atoms. The first kappa shape index (κ1) is 10.2. The van der Waals surface area contributed by atoms with Gasteiger partial charge in [0.25, 0.3) is 0 Å². The van der Waals surface area contributed by atoms with Crippen LogP contribution in [0.5, 0.6) is 0 Å². The largest absolute Gasteiger partial charge is 0.427 e. The van der Waals surface area contributed by atoms with Crippen LogP contribution < -0.4 is 0 Å². The molecule has 0 amide bonds. The van der Waals surface area contributed by atoms with E-state index in [0.29, 0.717) is 0 Å². The third-order valence-electron chi connectivity index (χ3n) is 2.53. The Hall–Kier alpha value is 0.0969. The Morgan fingerprint density at radius 1 is 1.33 bits per heavy atom. The van der Waals surface area contributed by atoms with Gasteiger partial charge in [-0.3, -0.25) is 4.57 Å². The first-order valence-electron chi connectivity index (χ1n) is 4.64. The molecule has 0 atom stereocenters. The lowest BCUT2D eigenvalue weighted by Crippen LogP contribution is -2.53. The summed E-state index contributed by atoms with van der Waals surface area (Å²) in [6.45, 7) is 4.47. The second-order valence-corrected chi connectivity index (χ2v) is 6.59. The van der Waals surface area contributed by atoms with Crippen LogP contribution in [0.25, 0.3) is 0 Å². The van der Waals surface area contributed by atoms with E-state index in [0.717, 1.165) is 19.1 Å². The van der Waals surface area contributed by atoms with Gasteiger partial charge in [0.2, 0.25) is 0 Å². The van der Waals surface area contributed by atoms with Gasteiger partial charge < -0.3 is 8.85 Å². The third kappa shape index (κ3) is 1.71. The predicted molar refractivity (Wildman–Crippen MR) is 51.1 cm³/mol. The van der Waals surface area contributed by atoms with Crippen LogP contribution in [0.15, 0.2) is 0 Å². The minimum absolute atomic E-state index is 1.12. The van der Waals surface area contributed by atoms with Crippen molar-refractivity contribution in [2.24, 2.45) is 0 Å². The predicted octanol–water partition coefficient (Wildman–Crippen LogP) is 1.33. The molecular formula is C8H19NO2Si. The van der Waals surface area contributed by atoms with E-state index < -0.39 is 8.72 Å². The Morgan fingerprint density at radius 2 is 2.00 bits per heavy atom. The molecule has 0 radical (unpaired) electrons. The summed E-state index contributed by atoms with van der Waals surface area (Å²) >= 11 is 0. The van der Waals surface area contributed by atoms with E-state index in [9.17, 15) is 0 Å². The minimum Gasteiger partial charge on any atom is -0.386 e. The lowest BCUT2D eigenvalue weighted by molar-refractivity contribution is 0.182. The molecule has 1 aliphatic rings. The summed E-state index contributed by atoms with van der Waals surface area (Å²) in [7, 11) is 1.67. The molecule has 3 nitrogen and oxygen atoms in total. The maximum atomic E-state index is 5.56. The van der Waals surface area contributed by atoms with Gasteiger partial charge >= 0.3 is 8.72 Å². The number of rotatable bonds is 4. The van der Waals surface area contributed by atoms with E-state index in [1.54, 1.807) is 14.2 Å². The minimum atomic E-state index is -1.90. The van der Waals surface area contributed by atoms with Crippen molar-refractivity contribution in [2.75, 3.05) is 27.3 Å². The van der Waals surface area contributed by atoms with Crippen LogP contribution in [0.2, 0.25) is 6.04 Å². The van der Waals surface area contributed by atoms with Crippen molar-refractivity contribution in [3.8, 4) is 0 Å². The Balaban J connectivity index is 2.58. The monoisotopic (exact) mass is 189 g/mol. The van der Waals surface area contributed by atoms with Crippen LogP contribution in [-0.2, 0) is 8.85 Å². The van der Waals surface area contributed by atoms with Gasteiger partial charge in [-0.05, 0) is 25.9 Å². The standard InChI is InChI=1S/C8H19NO2Si/c1-4-6-9-7-5-8-12(9,10-2)11-3/h4-8H2,1-3H3. The molecule has 0 unspecified atom stereocenters. The summed E-state index contributed by atoms with van der Waals surface area (Å²) < 4.78 is 13.5. The van der Waals surface area contributed by atoms with E-state index in [1.807, 2.05) is 0 Å². The molecule has 4 heteroatoms. The van der Waals surface area contributed by atoms with Crippen LogP contribution in [-0.4, -0.2) is 40.6 Å². The smallest absolute Gasteiger partial charge is 0.386 e. The van der Waals surface area contributed by atoms with Gasteiger partial charge in [0.15, 0.2) is 0 Å². The third-order valence-corrected chi connectivity index (χ3v) is 6.21. The molecule has 12 heavy (non-hydrogen) atoms. The van der Waals surface area contributed by atoms with Crippen molar-refractivity contribution < 1.29 is 8.85 Å². The molecule has 0 aliphatic carbocycles. The topological polar surface area (TPSA) is 21.7 Å². The molecule has 1 aliphatic heterocycles. The fraction of sp³-hybridized carbons (Fsp3) is 1.00. The summed E-state index contributed by atoms with van der Waals surface area (Å²) in [6.07, 6.45) is 2.41. The highest BCUT2D eigenvalue weighted by atomic mass is 28.4. The Labute approximate surface area is 76.0 Å². The maximum absolute atomic E-state index is 5.56. The molecule has 0 aromatic heterocycles. The van der Waals surface area contributed by atoms with Crippen LogP contribution in [0.4, 0.5) is 0 Å². The lowest BCUT2D eigenvalue weighted by atomic mass is 10.4. The molecule has 0 aromatic carbocycles. The van der Waals surface area contributed by atoms with Crippen LogP contribution >= 0.6 is 0 Å². The molecule has 1 heterocycles. The molecule has 72 valence electrons. The Kier molecular flexibility index (Phi) is 3.70. The van der Waals surface area contributed by atoms with Gasteiger partial charge in [0.1, 0.15) is 0 Å². The first-order valence-corrected chi connectivity index (χ1v) is 6.61. The molecule has 0 aromatic rings. The average molecular weight is 189 g/mol. The van der Waals surface area contributed by atoms with E-state index in [1.165, 1.54) is 12.8 Å². The SMILES string of the molecule is CCCN1CCC[Si]1(OC)OC. The zero-order valence-electron chi connectivity index (χ0n) is 8.30. The Morgan fingerprint density at radius 3 is 2.50 bits per heavy atom. The van der Waals surface area contributed by atoms with Gasteiger partial charge in [-0.15, -0.1) is 0 Å². The van der Waals surface area contributed by atoms with Crippen molar-refractivity contribution in [1.82, 2.24) is 4.57 Å². The highest BCUT2D eigenvalue weighted by Gasteiger charge is 2.46. The van der Waals surface area contributed by atoms with E-state index >= 15 is 0 Å². The normalized spacial score (nSPS) is 23.2. The summed E-state index contributed by atoms with van der Waals surface area (Å²) in [6, 6.07) is 1.12. The van der Waals surface area contributed by atoms with Crippen molar-refractivity contribution in [3.05, 3.63) is 0 Å². The zero-order chi connectivity index (χ0) is 9.03. The molecule has 0 N–H and O–H groups in total. The molecule has 1 saturated heterocycles. The van der Waals surface area contributed by atoms with Crippen LogP contribution in [0.3, 0.4) is 0 Å². The van der Waals surface area contributed by atoms with E-state index in [2.05, 4.69) is 11.5 Å². The van der Waals surface area contributed by atoms with E-state index in [-0.39, 0.29) is 0 Å². The van der Waals surface area contributed by atoms with Crippen molar-refractivity contribution in [1.29, 1.82) is 0 Å². The second kappa shape index (κ2) is 4.37. The summed E-state index contributed by atoms with van der Waals surface area (Å²) in [5.74, 6) is 0. The molecule has 1 fully saturated rings. The van der Waals surface area contributed by atoms with Gasteiger partial charge in [0.05, 0.1) is 0 Å². The molecular weight excluding hydrogens is 170 g/mol. The highest BCUT2D eigenvalue weighted by molar-refractivity contribution is 6.65. The van der Waals surface area contributed by atoms with Gasteiger partial charge in [0, 0.05) is 20.3 Å². The maximum Gasteiger partial charge on any atom is 0.427 e. The number of hydrogen-bond acceptors (Lipinski definition) is 3. The summed E-state index contributed by atoms with van der Waals surface area (Å²) in [4.78, 5) is 0. The fourth-order valence-electron chi connectivity index (χ4n) is 1.92. The second-order valence-electron chi connectivity index (χ2n) is 3.21. The molecule has 0 saturated carbocycles. The number of nitrogens with zero attached hydrogens (tertiary/aromatic N) is 1. The van der Waals surface area contributed by atoms with Crippen LogP contribution in [0.1, 0.15) is 19.8 Å². The summed E-state index contributed by atoms with van der Waals surface area (Å²) in [5.41, 5.74) is 0. The lowest BCUT2D eigenvalue weighted by Gasteiger charge is -2.31. The zero-order valence-corrected chi connectivity index (χ0v) is 9.30. The van der Waals surface area contributed by atoms with Gasteiger partial charge in [-0.25, -0.2) is 0 Å². The average Bonchev–Trinajstić information content (AvgIpc) is 2.50. The van der Waals surface area contributed by atoms with Crippen molar-refractivity contribution in [2.45, 2.75) is 25.8 Å². The van der Waals surface area contributed by atoms with Crippen molar-refractivity contribution in [3.63, 3.8) is 0 Å². The fourth-order valence-corrected chi connectivity index (χ4v) is 5.00. The van der Waals surface area contributed by atoms with E-state index in [4.69, 9.17) is 8.85 Å². The summed E-state index contributed by atoms with van der Waals surface area (Å²) in [5, 5.41) is 0. The van der Waals surface area contributed by atoms with Crippen molar-refractivity contribution >= 4 is 8.72 Å². The van der Waals surface area contributed by atoms with Gasteiger partial charge in [-0.2, -0.15) is 0 Å².